The van der Waals surface area contributed by atoms with E-state index in [1.807, 2.05) is 28.8 Å². The molecule has 3 aromatic rings. The summed E-state index contributed by atoms with van der Waals surface area (Å²) in [5.74, 6) is 0.101. The summed E-state index contributed by atoms with van der Waals surface area (Å²) in [4.78, 5) is 33.8. The van der Waals surface area contributed by atoms with Gasteiger partial charge < -0.3 is 23.5 Å². The van der Waals surface area contributed by atoms with Crippen LogP contribution >= 0.6 is 0 Å². The summed E-state index contributed by atoms with van der Waals surface area (Å²) in [5.41, 5.74) is 2.18. The van der Waals surface area contributed by atoms with Crippen molar-refractivity contribution in [3.05, 3.63) is 42.0 Å². The lowest BCUT2D eigenvalue weighted by atomic mass is 9.88. The highest BCUT2D eigenvalue weighted by atomic mass is 16.5. The fourth-order valence-electron chi connectivity index (χ4n) is 4.72. The molecule has 9 nitrogen and oxygen atoms in total. The molecule has 1 aliphatic rings. The van der Waals surface area contributed by atoms with Crippen LogP contribution in [0.1, 0.15) is 38.8 Å². The van der Waals surface area contributed by atoms with Crippen LogP contribution in [0.2, 0.25) is 0 Å². The Hall–Kier alpha value is -3.75. The van der Waals surface area contributed by atoms with Crippen LogP contribution in [0.3, 0.4) is 0 Å². The van der Waals surface area contributed by atoms with Gasteiger partial charge in [0.15, 0.2) is 17.4 Å². The molecule has 1 aromatic heterocycles. The summed E-state index contributed by atoms with van der Waals surface area (Å²) in [6.45, 7) is 6.53. The maximum Gasteiger partial charge on any atom is 0.321 e. The molecule has 2 aromatic carbocycles. The molecule has 36 heavy (non-hydrogen) atoms. The number of aromatic nitrogens is 2. The van der Waals surface area contributed by atoms with Gasteiger partial charge in [-0.15, -0.1) is 0 Å². The van der Waals surface area contributed by atoms with Gasteiger partial charge in [-0.25, -0.2) is 4.98 Å². The largest absolute Gasteiger partial charge is 0.493 e. The number of carbonyl (C=O) groups is 2. The van der Waals surface area contributed by atoms with E-state index < -0.39 is 17.9 Å². The summed E-state index contributed by atoms with van der Waals surface area (Å²) in [7, 11) is 4.59. The monoisotopic (exact) mass is 495 g/mol. The van der Waals surface area contributed by atoms with Crippen LogP contribution in [0.15, 0.2) is 36.4 Å². The first-order chi connectivity index (χ1) is 17.4. The number of esters is 1. The van der Waals surface area contributed by atoms with Crippen molar-refractivity contribution in [3.63, 3.8) is 0 Å². The average Bonchev–Trinajstić information content (AvgIpc) is 3.25. The maximum atomic E-state index is 14.0. The SMILES string of the molecule is CCOC(=O)C1C(=O)N(CCC(C)C)c2nc3ccccc3n2C1c1cc(OC)c(OC)c(OC)c1. The molecule has 0 saturated heterocycles. The van der Waals surface area contributed by atoms with Gasteiger partial charge in [0.25, 0.3) is 0 Å². The third kappa shape index (κ3) is 4.34. The zero-order valence-electron chi connectivity index (χ0n) is 21.6. The zero-order valence-corrected chi connectivity index (χ0v) is 21.6. The predicted octanol–water partition coefficient (Wildman–Crippen LogP) is 4.22. The Labute approximate surface area is 210 Å². The van der Waals surface area contributed by atoms with E-state index in [9.17, 15) is 9.59 Å². The number of anilines is 1. The molecule has 9 heteroatoms. The van der Waals surface area contributed by atoms with E-state index in [4.69, 9.17) is 23.9 Å². The second kappa shape index (κ2) is 10.5. The minimum atomic E-state index is -1.12. The van der Waals surface area contributed by atoms with Gasteiger partial charge in [-0.3, -0.25) is 14.5 Å². The quantitative estimate of drug-likeness (QED) is 0.324. The summed E-state index contributed by atoms with van der Waals surface area (Å²) >= 11 is 0. The highest BCUT2D eigenvalue weighted by Crippen LogP contribution is 2.46. The van der Waals surface area contributed by atoms with Crippen LogP contribution in [0.4, 0.5) is 5.95 Å². The van der Waals surface area contributed by atoms with Gasteiger partial charge >= 0.3 is 5.97 Å². The second-order valence-corrected chi connectivity index (χ2v) is 9.08. The van der Waals surface area contributed by atoms with E-state index in [-0.39, 0.29) is 12.5 Å². The van der Waals surface area contributed by atoms with Gasteiger partial charge in [0.1, 0.15) is 0 Å². The normalized spacial score (nSPS) is 17.3. The average molecular weight is 496 g/mol. The molecule has 0 N–H and O–H groups in total. The molecule has 0 aliphatic carbocycles. The topological polar surface area (TPSA) is 92.1 Å². The highest BCUT2D eigenvalue weighted by molar-refractivity contribution is 6.08. The molecule has 192 valence electrons. The van der Waals surface area contributed by atoms with Crippen molar-refractivity contribution in [2.24, 2.45) is 11.8 Å². The number of amides is 1. The zero-order chi connectivity index (χ0) is 26.0. The molecule has 0 radical (unpaired) electrons. The van der Waals surface area contributed by atoms with Crippen LogP contribution in [0, 0.1) is 11.8 Å². The molecular weight excluding hydrogens is 462 g/mol. The fraction of sp³-hybridized carbons (Fsp3) is 0.444. The number of rotatable bonds is 9. The fourth-order valence-corrected chi connectivity index (χ4v) is 4.72. The van der Waals surface area contributed by atoms with Crippen molar-refractivity contribution in [2.45, 2.75) is 33.2 Å². The van der Waals surface area contributed by atoms with Gasteiger partial charge in [-0.05, 0) is 49.1 Å². The molecule has 2 atom stereocenters. The number of para-hydroxylation sites is 2. The van der Waals surface area contributed by atoms with Gasteiger partial charge in [0.05, 0.1) is 45.0 Å². The van der Waals surface area contributed by atoms with E-state index in [1.54, 1.807) is 24.0 Å². The van der Waals surface area contributed by atoms with Crippen molar-refractivity contribution >= 4 is 28.9 Å². The van der Waals surface area contributed by atoms with Crippen molar-refractivity contribution in [3.8, 4) is 17.2 Å². The lowest BCUT2D eigenvalue weighted by Crippen LogP contribution is -2.50. The number of ether oxygens (including phenoxy) is 4. The third-order valence-corrected chi connectivity index (χ3v) is 6.44. The lowest BCUT2D eigenvalue weighted by molar-refractivity contribution is -0.153. The summed E-state index contributed by atoms with van der Waals surface area (Å²) < 4.78 is 24.0. The minimum Gasteiger partial charge on any atom is -0.493 e. The number of imidazole rings is 1. The van der Waals surface area contributed by atoms with Gasteiger partial charge in [0.2, 0.25) is 17.6 Å². The molecule has 0 saturated carbocycles. The molecule has 1 aliphatic heterocycles. The molecular formula is C27H33N3O6. The first-order valence-corrected chi connectivity index (χ1v) is 12.1. The Morgan fingerprint density at radius 3 is 2.31 bits per heavy atom. The highest BCUT2D eigenvalue weighted by Gasteiger charge is 2.48. The van der Waals surface area contributed by atoms with Gasteiger partial charge in [0, 0.05) is 6.54 Å². The minimum absolute atomic E-state index is 0.161. The molecule has 0 spiro atoms. The number of hydrogen-bond donors (Lipinski definition) is 0. The summed E-state index contributed by atoms with van der Waals surface area (Å²) in [6, 6.07) is 10.5. The summed E-state index contributed by atoms with van der Waals surface area (Å²) in [6.07, 6.45) is 0.763. The van der Waals surface area contributed by atoms with E-state index in [2.05, 4.69) is 13.8 Å². The van der Waals surface area contributed by atoms with E-state index in [1.165, 1.54) is 21.3 Å². The van der Waals surface area contributed by atoms with Crippen LogP contribution in [-0.4, -0.2) is 55.9 Å². The van der Waals surface area contributed by atoms with E-state index >= 15 is 0 Å². The number of fused-ring (bicyclic) bond motifs is 3. The van der Waals surface area contributed by atoms with Crippen molar-refractivity contribution < 1.29 is 28.5 Å². The Kier molecular flexibility index (Phi) is 7.37. The van der Waals surface area contributed by atoms with Crippen LogP contribution in [0.25, 0.3) is 11.0 Å². The van der Waals surface area contributed by atoms with Gasteiger partial charge in [-0.2, -0.15) is 0 Å². The molecule has 4 rings (SSSR count). The van der Waals surface area contributed by atoms with E-state index in [0.29, 0.717) is 41.2 Å². The standard InChI is InChI=1S/C27H33N3O6/c1-7-36-26(32)22-23(17-14-20(33-4)24(35-6)21(15-17)34-5)30-19-11-9-8-10-18(19)28-27(30)29(25(22)31)13-12-16(2)3/h8-11,14-16,22-23H,7,12-13H2,1-6H3. The number of nitrogens with zero attached hydrogens (tertiary/aromatic N) is 3. The first kappa shape index (κ1) is 25.3. The maximum absolute atomic E-state index is 14.0. The predicted molar refractivity (Wildman–Crippen MR) is 136 cm³/mol. The van der Waals surface area contributed by atoms with Crippen molar-refractivity contribution in [1.29, 1.82) is 0 Å². The summed E-state index contributed by atoms with van der Waals surface area (Å²) in [5, 5.41) is 0. The molecule has 2 unspecified atom stereocenters. The Bertz CT molecular complexity index is 1240. The Morgan fingerprint density at radius 2 is 1.72 bits per heavy atom. The third-order valence-electron chi connectivity index (χ3n) is 6.44. The molecule has 0 fully saturated rings. The first-order valence-electron chi connectivity index (χ1n) is 12.1. The Morgan fingerprint density at radius 1 is 1.06 bits per heavy atom. The second-order valence-electron chi connectivity index (χ2n) is 9.08. The number of methoxy groups -OCH3 is 3. The number of hydrogen-bond acceptors (Lipinski definition) is 7. The molecule has 1 amide bonds. The lowest BCUT2D eigenvalue weighted by Gasteiger charge is -2.38. The number of benzene rings is 2. The number of carbonyl (C=O) groups excluding carboxylic acids is 2. The van der Waals surface area contributed by atoms with Gasteiger partial charge in [-0.1, -0.05) is 26.0 Å². The van der Waals surface area contributed by atoms with Crippen molar-refractivity contribution in [1.82, 2.24) is 9.55 Å². The van der Waals surface area contributed by atoms with Crippen LogP contribution in [-0.2, 0) is 14.3 Å². The molecule has 2 heterocycles. The van der Waals surface area contributed by atoms with E-state index in [0.717, 1.165) is 17.5 Å². The van der Waals surface area contributed by atoms with Crippen LogP contribution < -0.4 is 19.1 Å². The Balaban J connectivity index is 2.02. The molecule has 0 bridgehead atoms. The van der Waals surface area contributed by atoms with Crippen molar-refractivity contribution in [2.75, 3.05) is 39.4 Å². The smallest absolute Gasteiger partial charge is 0.321 e. The van der Waals surface area contributed by atoms with Crippen LogP contribution in [0.5, 0.6) is 17.2 Å².